The van der Waals surface area contributed by atoms with Crippen LogP contribution in [0.1, 0.15) is 18.1 Å². The van der Waals surface area contributed by atoms with Gasteiger partial charge in [-0.2, -0.15) is 0 Å². The number of hydrogen-bond donors (Lipinski definition) is 1. The summed E-state index contributed by atoms with van der Waals surface area (Å²) in [6.07, 6.45) is 0. The Labute approximate surface area is 201 Å². The third-order valence-corrected chi connectivity index (χ3v) is 6.74. The van der Waals surface area contributed by atoms with E-state index in [4.69, 9.17) is 4.42 Å². The third kappa shape index (κ3) is 4.73. The minimum absolute atomic E-state index is 0.0840. The first kappa shape index (κ1) is 22.1. The van der Waals surface area contributed by atoms with Gasteiger partial charge in [0.1, 0.15) is 5.58 Å². The first-order chi connectivity index (χ1) is 14.9. The number of nitrogens with zero attached hydrogens (tertiary/aromatic N) is 3. The number of aryl methyl sites for hydroxylation is 2. The molecule has 0 fully saturated rings. The van der Waals surface area contributed by atoms with Gasteiger partial charge in [0.15, 0.2) is 10.9 Å². The summed E-state index contributed by atoms with van der Waals surface area (Å²) in [5, 5.41) is 13.3. The normalized spacial score (nSPS) is 11.3. The van der Waals surface area contributed by atoms with Gasteiger partial charge in [-0.15, -0.1) is 10.2 Å². The van der Waals surface area contributed by atoms with Crippen molar-refractivity contribution >= 4 is 66.2 Å². The zero-order valence-electron chi connectivity index (χ0n) is 17.2. The lowest BCUT2D eigenvalue weighted by Crippen LogP contribution is -2.16. The fourth-order valence-corrected chi connectivity index (χ4v) is 5.27. The van der Waals surface area contributed by atoms with Crippen LogP contribution in [0.4, 0.5) is 5.69 Å². The number of aromatic nitrogens is 3. The summed E-state index contributed by atoms with van der Waals surface area (Å²) >= 11 is 8.32. The van der Waals surface area contributed by atoms with Crippen LogP contribution in [0, 0.1) is 13.8 Å². The molecule has 2 aromatic heterocycles. The van der Waals surface area contributed by atoms with E-state index in [1.54, 1.807) is 0 Å². The number of rotatable bonds is 6. The second kappa shape index (κ2) is 9.18. The maximum Gasteiger partial charge on any atom is 0.234 e. The minimum atomic E-state index is -0.0840. The zero-order chi connectivity index (χ0) is 22.1. The quantitative estimate of drug-likeness (QED) is 0.268. The van der Waals surface area contributed by atoms with Crippen LogP contribution in [-0.2, 0) is 11.3 Å². The number of halogens is 2. The molecule has 2 aromatic carbocycles. The molecule has 0 aliphatic heterocycles. The van der Waals surface area contributed by atoms with E-state index in [1.807, 2.05) is 61.7 Å². The molecule has 1 N–H and O–H groups in total. The predicted molar refractivity (Wildman–Crippen MR) is 132 cm³/mol. The number of hydrogen-bond acceptors (Lipinski definition) is 5. The Morgan fingerprint density at radius 1 is 1.10 bits per heavy atom. The molecular formula is C22H20Br2N4O2S. The minimum Gasteiger partial charge on any atom is -0.453 e. The molecule has 0 saturated heterocycles. The van der Waals surface area contributed by atoms with E-state index in [0.717, 1.165) is 36.7 Å². The number of carbonyl (C=O) groups is 1. The van der Waals surface area contributed by atoms with Crippen molar-refractivity contribution in [1.82, 2.24) is 14.8 Å². The zero-order valence-corrected chi connectivity index (χ0v) is 21.2. The highest BCUT2D eigenvalue weighted by Crippen LogP contribution is 2.31. The van der Waals surface area contributed by atoms with Crippen molar-refractivity contribution < 1.29 is 9.21 Å². The van der Waals surface area contributed by atoms with Gasteiger partial charge < -0.3 is 9.73 Å². The number of anilines is 1. The molecule has 1 amide bonds. The third-order valence-electron chi connectivity index (χ3n) is 4.83. The Kier molecular flexibility index (Phi) is 6.55. The summed E-state index contributed by atoms with van der Waals surface area (Å²) in [5.41, 5.74) is 3.67. The molecule has 0 saturated carbocycles. The van der Waals surface area contributed by atoms with Crippen LogP contribution in [0.2, 0.25) is 0 Å². The molecule has 0 bridgehead atoms. The number of thioether (sulfide) groups is 1. The van der Waals surface area contributed by atoms with Crippen LogP contribution in [0.25, 0.3) is 22.6 Å². The molecule has 31 heavy (non-hydrogen) atoms. The average Bonchev–Trinajstić information content (AvgIpc) is 3.31. The van der Waals surface area contributed by atoms with E-state index in [2.05, 4.69) is 47.4 Å². The van der Waals surface area contributed by atoms with Crippen molar-refractivity contribution in [2.45, 2.75) is 32.5 Å². The molecule has 160 valence electrons. The van der Waals surface area contributed by atoms with E-state index in [1.165, 1.54) is 11.8 Å². The van der Waals surface area contributed by atoms with Crippen molar-refractivity contribution in [3.05, 3.63) is 56.5 Å². The molecule has 6 nitrogen and oxygen atoms in total. The summed E-state index contributed by atoms with van der Waals surface area (Å²) in [4.78, 5) is 12.6. The van der Waals surface area contributed by atoms with Crippen LogP contribution in [-0.4, -0.2) is 26.4 Å². The van der Waals surface area contributed by atoms with Crippen molar-refractivity contribution in [1.29, 1.82) is 0 Å². The number of benzene rings is 2. The van der Waals surface area contributed by atoms with Gasteiger partial charge in [-0.1, -0.05) is 43.6 Å². The van der Waals surface area contributed by atoms with Crippen molar-refractivity contribution in [2.75, 3.05) is 11.1 Å². The molecule has 0 aliphatic rings. The molecule has 0 radical (unpaired) electrons. The SMILES string of the molecule is CCn1c(SCC(=O)Nc2c(C)cc(Br)cc2C)nnc1-c1cc2cc(Br)ccc2o1. The van der Waals surface area contributed by atoms with Gasteiger partial charge in [0.05, 0.1) is 5.75 Å². The van der Waals surface area contributed by atoms with Crippen LogP contribution in [0.3, 0.4) is 0 Å². The maximum atomic E-state index is 12.6. The van der Waals surface area contributed by atoms with Crippen molar-refractivity contribution in [3.63, 3.8) is 0 Å². The lowest BCUT2D eigenvalue weighted by atomic mass is 10.1. The molecule has 0 atom stereocenters. The Morgan fingerprint density at radius 3 is 2.55 bits per heavy atom. The number of nitrogens with one attached hydrogen (secondary N) is 1. The highest BCUT2D eigenvalue weighted by Gasteiger charge is 2.18. The largest absolute Gasteiger partial charge is 0.453 e. The number of amides is 1. The van der Waals surface area contributed by atoms with E-state index < -0.39 is 0 Å². The van der Waals surface area contributed by atoms with Crippen LogP contribution < -0.4 is 5.32 Å². The van der Waals surface area contributed by atoms with Crippen LogP contribution in [0.5, 0.6) is 0 Å². The Bertz CT molecular complexity index is 1260. The summed E-state index contributed by atoms with van der Waals surface area (Å²) in [5.74, 6) is 1.46. The molecular weight excluding hydrogens is 544 g/mol. The first-order valence-electron chi connectivity index (χ1n) is 9.67. The predicted octanol–water partition coefficient (Wildman–Crippen LogP) is 6.58. The van der Waals surface area contributed by atoms with Crippen LogP contribution in [0.15, 0.2) is 54.9 Å². The Hall–Kier alpha value is -2.10. The van der Waals surface area contributed by atoms with Crippen molar-refractivity contribution in [3.8, 4) is 11.6 Å². The van der Waals surface area contributed by atoms with Gasteiger partial charge in [-0.25, -0.2) is 0 Å². The molecule has 0 aliphatic carbocycles. The van der Waals surface area contributed by atoms with Gasteiger partial charge in [-0.05, 0) is 68.3 Å². The Morgan fingerprint density at radius 2 is 1.84 bits per heavy atom. The summed E-state index contributed by atoms with van der Waals surface area (Å²) in [7, 11) is 0. The monoisotopic (exact) mass is 562 g/mol. The van der Waals surface area contributed by atoms with E-state index in [0.29, 0.717) is 23.3 Å². The summed E-state index contributed by atoms with van der Waals surface area (Å²) in [6.45, 7) is 6.64. The second-order valence-corrected chi connectivity index (χ2v) is 9.87. The molecule has 0 unspecified atom stereocenters. The van der Waals surface area contributed by atoms with E-state index in [9.17, 15) is 4.79 Å². The number of carbonyl (C=O) groups excluding carboxylic acids is 1. The van der Waals surface area contributed by atoms with Gasteiger partial charge in [0.2, 0.25) is 11.7 Å². The standard InChI is InChI=1S/C22H20Br2N4O2S/c1-4-28-21(18-10-14-9-15(23)5-6-17(14)30-18)26-27-22(28)31-11-19(29)25-20-12(2)7-16(24)8-13(20)3/h5-10H,4,11H2,1-3H3,(H,25,29). The lowest BCUT2D eigenvalue weighted by Gasteiger charge is -2.12. The lowest BCUT2D eigenvalue weighted by molar-refractivity contribution is -0.113. The molecule has 2 heterocycles. The smallest absolute Gasteiger partial charge is 0.234 e. The van der Waals surface area contributed by atoms with Gasteiger partial charge >= 0.3 is 0 Å². The van der Waals surface area contributed by atoms with E-state index in [-0.39, 0.29) is 11.7 Å². The maximum absolute atomic E-state index is 12.6. The van der Waals surface area contributed by atoms with E-state index >= 15 is 0 Å². The first-order valence-corrected chi connectivity index (χ1v) is 12.2. The van der Waals surface area contributed by atoms with Crippen molar-refractivity contribution in [2.24, 2.45) is 0 Å². The number of fused-ring (bicyclic) bond motifs is 1. The number of furan rings is 1. The topological polar surface area (TPSA) is 73.0 Å². The molecule has 4 rings (SSSR count). The average molecular weight is 564 g/mol. The molecule has 9 heteroatoms. The van der Waals surface area contributed by atoms with Gasteiger partial charge in [0, 0.05) is 26.6 Å². The molecule has 0 spiro atoms. The van der Waals surface area contributed by atoms with Crippen LogP contribution >= 0.6 is 43.6 Å². The fourth-order valence-electron chi connectivity index (χ4n) is 3.40. The summed E-state index contributed by atoms with van der Waals surface area (Å²) in [6, 6.07) is 11.8. The highest BCUT2D eigenvalue weighted by atomic mass is 79.9. The second-order valence-electron chi connectivity index (χ2n) is 7.09. The molecule has 4 aromatic rings. The Balaban J connectivity index is 1.51. The summed E-state index contributed by atoms with van der Waals surface area (Å²) < 4.78 is 9.91. The van der Waals surface area contributed by atoms with Gasteiger partial charge in [0.25, 0.3) is 0 Å². The fraction of sp³-hybridized carbons (Fsp3) is 0.227. The highest BCUT2D eigenvalue weighted by molar-refractivity contribution is 9.10. The van der Waals surface area contributed by atoms with Gasteiger partial charge in [-0.3, -0.25) is 9.36 Å².